The maximum atomic E-state index is 2.46. The topological polar surface area (TPSA) is 9.86 Å². The zero-order chi connectivity index (χ0) is 33.9. The highest BCUT2D eigenvalue weighted by Gasteiger charge is 2.18. The summed E-state index contributed by atoms with van der Waals surface area (Å²) >= 11 is 3.81. The van der Waals surface area contributed by atoms with Crippen LogP contribution in [0.15, 0.2) is 170 Å². The van der Waals surface area contributed by atoms with E-state index >= 15 is 0 Å². The van der Waals surface area contributed by atoms with Gasteiger partial charge in [-0.1, -0.05) is 91.0 Å². The monoisotopic (exact) mass is 696 g/mol. The molecule has 4 heterocycles. The largest absolute Gasteiger partial charge is 0.309 e. The number of hydrogen-bond acceptors (Lipinski definition) is 2. The van der Waals surface area contributed by atoms with Gasteiger partial charge in [-0.05, 0) is 90.0 Å². The van der Waals surface area contributed by atoms with E-state index in [0.29, 0.717) is 0 Å². The summed E-state index contributed by atoms with van der Waals surface area (Å²) in [6.45, 7) is 0. The Morgan fingerprint density at radius 2 is 0.865 bits per heavy atom. The molecular weight excluding hydrogens is 669 g/mol. The fourth-order valence-electron chi connectivity index (χ4n) is 8.61. The summed E-state index contributed by atoms with van der Waals surface area (Å²) in [6.07, 6.45) is 0. The van der Waals surface area contributed by atoms with Crippen LogP contribution in [0, 0.1) is 0 Å². The van der Waals surface area contributed by atoms with Gasteiger partial charge in [-0.2, -0.15) is 0 Å². The number of thiophene rings is 2. The van der Waals surface area contributed by atoms with Crippen molar-refractivity contribution in [2.75, 3.05) is 0 Å². The lowest BCUT2D eigenvalue weighted by molar-refractivity contribution is 1.18. The number of benzene rings is 8. The molecule has 0 spiro atoms. The van der Waals surface area contributed by atoms with Gasteiger partial charge in [-0.15, -0.1) is 22.7 Å². The van der Waals surface area contributed by atoms with E-state index < -0.39 is 0 Å². The Kier molecular flexibility index (Phi) is 5.84. The molecule has 4 heteroatoms. The molecule has 242 valence electrons. The van der Waals surface area contributed by atoms with Crippen LogP contribution in [-0.4, -0.2) is 9.13 Å². The number of nitrogens with zero attached hydrogens (tertiary/aromatic N) is 2. The first kappa shape index (κ1) is 28.5. The van der Waals surface area contributed by atoms with Crippen molar-refractivity contribution in [1.29, 1.82) is 0 Å². The average Bonchev–Trinajstić information content (AvgIpc) is 3.95. The van der Waals surface area contributed by atoms with Crippen LogP contribution in [0.1, 0.15) is 0 Å². The van der Waals surface area contributed by atoms with Gasteiger partial charge in [0.15, 0.2) is 0 Å². The highest BCUT2D eigenvalue weighted by Crippen LogP contribution is 2.45. The average molecular weight is 697 g/mol. The second kappa shape index (κ2) is 10.7. The Balaban J connectivity index is 1.06. The molecule has 0 saturated heterocycles. The summed E-state index contributed by atoms with van der Waals surface area (Å²) in [5, 5.41) is 10.5. The van der Waals surface area contributed by atoms with Crippen LogP contribution in [0.2, 0.25) is 0 Å². The number of aromatic nitrogens is 2. The second-order valence-electron chi connectivity index (χ2n) is 13.7. The maximum absolute atomic E-state index is 2.46. The lowest BCUT2D eigenvalue weighted by Gasteiger charge is -2.10. The summed E-state index contributed by atoms with van der Waals surface area (Å²) in [5.74, 6) is 0. The van der Waals surface area contributed by atoms with Gasteiger partial charge in [0, 0.05) is 73.3 Å². The second-order valence-corrected chi connectivity index (χ2v) is 15.8. The smallest absolute Gasteiger partial charge is 0.0541 e. The van der Waals surface area contributed by atoms with Crippen molar-refractivity contribution in [3.63, 3.8) is 0 Å². The van der Waals surface area contributed by atoms with Crippen LogP contribution < -0.4 is 0 Å². The minimum atomic E-state index is 1.18. The van der Waals surface area contributed by atoms with E-state index in [2.05, 4.69) is 179 Å². The number of para-hydroxylation sites is 3. The molecule has 52 heavy (non-hydrogen) atoms. The van der Waals surface area contributed by atoms with Gasteiger partial charge < -0.3 is 9.13 Å². The third kappa shape index (κ3) is 3.93. The SMILES string of the molecule is c1ccc(-n2c3ccccc3c3cc(-c4ccc5c(c4)c4ccccc4n5-c4ccc5sc6ccc7c8ccccc8sc7c6c5c4)ccc32)cc1. The van der Waals surface area contributed by atoms with Crippen LogP contribution >= 0.6 is 22.7 Å². The molecule has 0 atom stereocenters. The van der Waals surface area contributed by atoms with Gasteiger partial charge in [-0.3, -0.25) is 0 Å². The minimum absolute atomic E-state index is 1.18. The molecule has 0 bridgehead atoms. The lowest BCUT2D eigenvalue weighted by atomic mass is 10.0. The van der Waals surface area contributed by atoms with Gasteiger partial charge in [0.2, 0.25) is 0 Å². The van der Waals surface area contributed by atoms with Crippen molar-refractivity contribution in [2.45, 2.75) is 0 Å². The van der Waals surface area contributed by atoms with E-state index in [1.165, 1.54) is 106 Å². The van der Waals surface area contributed by atoms with Crippen LogP contribution in [0.4, 0.5) is 0 Å². The van der Waals surface area contributed by atoms with Gasteiger partial charge >= 0.3 is 0 Å². The summed E-state index contributed by atoms with van der Waals surface area (Å²) in [4.78, 5) is 0. The summed E-state index contributed by atoms with van der Waals surface area (Å²) < 4.78 is 10.2. The first-order valence-corrected chi connectivity index (χ1v) is 19.3. The molecule has 8 aromatic carbocycles. The molecule has 2 nitrogen and oxygen atoms in total. The van der Waals surface area contributed by atoms with E-state index in [0.717, 1.165) is 0 Å². The van der Waals surface area contributed by atoms with Crippen LogP contribution in [-0.2, 0) is 0 Å². The number of rotatable bonds is 3. The summed E-state index contributed by atoms with van der Waals surface area (Å²) in [5.41, 5.74) is 9.71. The quantitative estimate of drug-likeness (QED) is 0.174. The van der Waals surface area contributed by atoms with Crippen molar-refractivity contribution < 1.29 is 0 Å². The third-order valence-corrected chi connectivity index (χ3v) is 13.3. The van der Waals surface area contributed by atoms with Crippen molar-refractivity contribution in [3.05, 3.63) is 170 Å². The van der Waals surface area contributed by atoms with E-state index in [4.69, 9.17) is 0 Å². The predicted octanol–water partition coefficient (Wildman–Crippen LogP) is 14.3. The molecule has 0 saturated carbocycles. The van der Waals surface area contributed by atoms with Gasteiger partial charge in [-0.25, -0.2) is 0 Å². The van der Waals surface area contributed by atoms with Gasteiger partial charge in [0.1, 0.15) is 0 Å². The van der Waals surface area contributed by atoms with Crippen LogP contribution in [0.5, 0.6) is 0 Å². The molecule has 0 fully saturated rings. The third-order valence-electron chi connectivity index (χ3n) is 10.9. The maximum Gasteiger partial charge on any atom is 0.0541 e. The molecule has 0 aliphatic carbocycles. The zero-order valence-electron chi connectivity index (χ0n) is 27.9. The molecule has 0 aliphatic heterocycles. The number of fused-ring (bicyclic) bond motifs is 13. The molecule has 4 aromatic heterocycles. The van der Waals surface area contributed by atoms with E-state index in [-0.39, 0.29) is 0 Å². The Morgan fingerprint density at radius 1 is 0.308 bits per heavy atom. The van der Waals surface area contributed by atoms with Crippen molar-refractivity contribution in [3.8, 4) is 22.5 Å². The molecule has 12 aromatic rings. The van der Waals surface area contributed by atoms with Gasteiger partial charge in [0.05, 0.1) is 22.1 Å². The Bertz CT molecular complexity index is 3410. The Labute approximate surface area is 306 Å². The molecule has 0 unspecified atom stereocenters. The van der Waals surface area contributed by atoms with Crippen molar-refractivity contribution >= 4 is 107 Å². The van der Waals surface area contributed by atoms with Crippen LogP contribution in [0.25, 0.3) is 106 Å². The normalized spacial score (nSPS) is 12.2. The van der Waals surface area contributed by atoms with E-state index in [1.807, 2.05) is 22.7 Å². The van der Waals surface area contributed by atoms with E-state index in [9.17, 15) is 0 Å². The molecule has 12 rings (SSSR count). The Hall–Kier alpha value is -6.20. The molecule has 0 radical (unpaired) electrons. The zero-order valence-corrected chi connectivity index (χ0v) is 29.5. The predicted molar refractivity (Wildman–Crippen MR) is 226 cm³/mol. The summed E-state index contributed by atoms with van der Waals surface area (Å²) in [7, 11) is 0. The lowest BCUT2D eigenvalue weighted by Crippen LogP contribution is -1.93. The number of hydrogen-bond donors (Lipinski definition) is 0. The molecular formula is C48H28N2S2. The molecule has 0 aliphatic rings. The fraction of sp³-hybridized carbons (Fsp3) is 0. The first-order valence-electron chi connectivity index (χ1n) is 17.7. The van der Waals surface area contributed by atoms with Crippen molar-refractivity contribution in [1.82, 2.24) is 9.13 Å². The minimum Gasteiger partial charge on any atom is -0.309 e. The highest BCUT2D eigenvalue weighted by molar-refractivity contribution is 7.29. The molecule has 0 amide bonds. The first-order chi connectivity index (χ1) is 25.8. The van der Waals surface area contributed by atoms with Gasteiger partial charge in [0.25, 0.3) is 0 Å². The molecule has 0 N–H and O–H groups in total. The van der Waals surface area contributed by atoms with Crippen LogP contribution in [0.3, 0.4) is 0 Å². The Morgan fingerprint density at radius 3 is 1.58 bits per heavy atom. The standard InChI is InChI=1S/C48H28N2S2/c1-2-10-31(11-3-1)49-40-15-7-4-12-33(40)37-26-29(18-22-42(37)49)30-19-23-43-38(27-30)34-13-5-8-16-41(34)50(43)32-20-24-45-39(28-32)47-46(51-45)25-21-36-35-14-6-9-17-44(35)52-48(36)47/h1-28H. The highest BCUT2D eigenvalue weighted by atomic mass is 32.1. The fourth-order valence-corrected chi connectivity index (χ4v) is 11.0. The summed E-state index contributed by atoms with van der Waals surface area (Å²) in [6, 6.07) is 62.7. The van der Waals surface area contributed by atoms with E-state index in [1.54, 1.807) is 0 Å². The van der Waals surface area contributed by atoms with Crippen molar-refractivity contribution in [2.24, 2.45) is 0 Å².